The van der Waals surface area contributed by atoms with Gasteiger partial charge in [0.2, 0.25) is 5.91 Å². The number of esters is 1. The molecule has 4 nitrogen and oxygen atoms in total. The number of amides is 1. The van der Waals surface area contributed by atoms with E-state index in [9.17, 15) is 9.59 Å². The van der Waals surface area contributed by atoms with E-state index in [1.807, 2.05) is 13.8 Å². The van der Waals surface area contributed by atoms with E-state index in [0.29, 0.717) is 13.1 Å². The van der Waals surface area contributed by atoms with Crippen molar-refractivity contribution >= 4 is 11.9 Å². The van der Waals surface area contributed by atoms with Gasteiger partial charge in [0.05, 0.1) is 13.0 Å². The Morgan fingerprint density at radius 2 is 1.94 bits per heavy atom. The van der Waals surface area contributed by atoms with Crippen molar-refractivity contribution in [3.8, 4) is 0 Å². The molecule has 0 rings (SSSR count). The highest BCUT2D eigenvalue weighted by Gasteiger charge is 2.22. The predicted octanol–water partition coefficient (Wildman–Crippen LogP) is 1.47. The lowest BCUT2D eigenvalue weighted by molar-refractivity contribution is -0.146. The largest absolute Gasteiger partial charge is 0.469 e. The first-order valence-corrected chi connectivity index (χ1v) is 5.41. The number of methoxy groups -OCH3 is 1. The molecule has 1 unspecified atom stereocenters. The summed E-state index contributed by atoms with van der Waals surface area (Å²) in [6, 6.07) is 0. The van der Waals surface area contributed by atoms with Crippen LogP contribution in [-0.2, 0) is 14.3 Å². The number of hydrogen-bond acceptors (Lipinski definition) is 3. The van der Waals surface area contributed by atoms with Crippen LogP contribution >= 0.6 is 0 Å². The minimum atomic E-state index is -0.312. The summed E-state index contributed by atoms with van der Waals surface area (Å²) in [5, 5.41) is 0. The molecular formula is C12H21NO3. The summed E-state index contributed by atoms with van der Waals surface area (Å²) < 4.78 is 4.63. The van der Waals surface area contributed by atoms with Gasteiger partial charge in [-0.05, 0) is 0 Å². The van der Waals surface area contributed by atoms with Gasteiger partial charge in [0.25, 0.3) is 0 Å². The molecule has 0 saturated carbocycles. The second-order valence-electron chi connectivity index (χ2n) is 4.11. The molecule has 0 radical (unpaired) electrons. The Labute approximate surface area is 97.3 Å². The molecule has 4 heteroatoms. The summed E-state index contributed by atoms with van der Waals surface area (Å²) >= 11 is 0. The molecule has 0 N–H and O–H groups in total. The van der Waals surface area contributed by atoms with Crippen molar-refractivity contribution in [1.82, 2.24) is 4.90 Å². The lowest BCUT2D eigenvalue weighted by Gasteiger charge is -2.25. The fraction of sp³-hybridized carbons (Fsp3) is 0.667. The van der Waals surface area contributed by atoms with E-state index in [0.717, 1.165) is 0 Å². The van der Waals surface area contributed by atoms with E-state index in [1.54, 1.807) is 17.9 Å². The van der Waals surface area contributed by atoms with Gasteiger partial charge in [0, 0.05) is 19.0 Å². The van der Waals surface area contributed by atoms with Crippen LogP contribution in [0.5, 0.6) is 0 Å². The maximum absolute atomic E-state index is 11.8. The highest BCUT2D eigenvalue weighted by Crippen LogP contribution is 2.07. The molecule has 0 aliphatic rings. The lowest BCUT2D eigenvalue weighted by atomic mass is 10.1. The Morgan fingerprint density at radius 1 is 1.38 bits per heavy atom. The van der Waals surface area contributed by atoms with Gasteiger partial charge in [-0.2, -0.15) is 0 Å². The minimum absolute atomic E-state index is 0.0238. The third kappa shape index (κ3) is 4.47. The SMILES string of the molecule is C=CCN(CC(C)C(=O)OC)C(=O)C(C)C. The number of carbonyl (C=O) groups is 2. The molecule has 0 aliphatic heterocycles. The Hall–Kier alpha value is -1.32. The number of rotatable bonds is 6. The summed E-state index contributed by atoms with van der Waals surface area (Å²) in [6.45, 7) is 9.85. The Kier molecular flexibility index (Phi) is 6.46. The number of carbonyl (C=O) groups excluding carboxylic acids is 2. The zero-order chi connectivity index (χ0) is 12.7. The van der Waals surface area contributed by atoms with Gasteiger partial charge >= 0.3 is 5.97 Å². The summed E-state index contributed by atoms with van der Waals surface area (Å²) in [6.07, 6.45) is 1.66. The van der Waals surface area contributed by atoms with Crippen molar-refractivity contribution < 1.29 is 14.3 Å². The lowest BCUT2D eigenvalue weighted by Crippen LogP contribution is -2.39. The second-order valence-corrected chi connectivity index (χ2v) is 4.11. The topological polar surface area (TPSA) is 46.6 Å². The van der Waals surface area contributed by atoms with Crippen molar-refractivity contribution in [2.24, 2.45) is 11.8 Å². The molecule has 0 saturated heterocycles. The van der Waals surface area contributed by atoms with Crippen molar-refractivity contribution in [2.75, 3.05) is 20.2 Å². The molecule has 0 spiro atoms. The molecular weight excluding hydrogens is 206 g/mol. The number of ether oxygens (including phenoxy) is 1. The monoisotopic (exact) mass is 227 g/mol. The van der Waals surface area contributed by atoms with E-state index >= 15 is 0 Å². The normalized spacial score (nSPS) is 12.1. The quantitative estimate of drug-likeness (QED) is 0.510. The fourth-order valence-electron chi connectivity index (χ4n) is 1.38. The van der Waals surface area contributed by atoms with Crippen molar-refractivity contribution in [3.05, 3.63) is 12.7 Å². The van der Waals surface area contributed by atoms with Gasteiger partial charge in [-0.15, -0.1) is 6.58 Å². The highest BCUT2D eigenvalue weighted by molar-refractivity contribution is 5.79. The number of hydrogen-bond donors (Lipinski definition) is 0. The molecule has 0 aliphatic carbocycles. The maximum Gasteiger partial charge on any atom is 0.310 e. The molecule has 0 aromatic carbocycles. The van der Waals surface area contributed by atoms with Crippen LogP contribution in [0.3, 0.4) is 0 Å². The zero-order valence-electron chi connectivity index (χ0n) is 10.5. The average molecular weight is 227 g/mol. The van der Waals surface area contributed by atoms with Crippen LogP contribution in [0, 0.1) is 11.8 Å². The zero-order valence-corrected chi connectivity index (χ0v) is 10.5. The van der Waals surface area contributed by atoms with E-state index in [1.165, 1.54) is 7.11 Å². The van der Waals surface area contributed by atoms with Crippen molar-refractivity contribution in [3.63, 3.8) is 0 Å². The van der Waals surface area contributed by atoms with E-state index < -0.39 is 0 Å². The summed E-state index contributed by atoms with van der Waals surface area (Å²) in [4.78, 5) is 24.7. The maximum atomic E-state index is 11.8. The Balaban J connectivity index is 4.50. The molecule has 0 aromatic heterocycles. The van der Waals surface area contributed by atoms with Crippen molar-refractivity contribution in [1.29, 1.82) is 0 Å². The Bertz CT molecular complexity index is 261. The average Bonchev–Trinajstić information content (AvgIpc) is 2.25. The van der Waals surface area contributed by atoms with Crippen LogP contribution in [0.4, 0.5) is 0 Å². The third-order valence-electron chi connectivity index (χ3n) is 2.25. The van der Waals surface area contributed by atoms with Crippen LogP contribution in [0.15, 0.2) is 12.7 Å². The van der Waals surface area contributed by atoms with E-state index in [4.69, 9.17) is 0 Å². The van der Waals surface area contributed by atoms with Gasteiger partial charge in [-0.1, -0.05) is 26.8 Å². The predicted molar refractivity (Wildman–Crippen MR) is 62.8 cm³/mol. The molecule has 0 aromatic rings. The van der Waals surface area contributed by atoms with Crippen LogP contribution in [0.1, 0.15) is 20.8 Å². The van der Waals surface area contributed by atoms with Gasteiger partial charge in [0.1, 0.15) is 0 Å². The smallest absolute Gasteiger partial charge is 0.310 e. The van der Waals surface area contributed by atoms with Gasteiger partial charge in [-0.25, -0.2) is 0 Å². The van der Waals surface area contributed by atoms with E-state index in [2.05, 4.69) is 11.3 Å². The molecule has 1 atom stereocenters. The molecule has 0 bridgehead atoms. The number of nitrogens with zero attached hydrogens (tertiary/aromatic N) is 1. The van der Waals surface area contributed by atoms with Crippen LogP contribution in [0.25, 0.3) is 0 Å². The summed E-state index contributed by atoms with van der Waals surface area (Å²) in [5.41, 5.74) is 0. The van der Waals surface area contributed by atoms with Crippen LogP contribution < -0.4 is 0 Å². The molecule has 0 heterocycles. The first-order chi connectivity index (χ1) is 7.43. The minimum Gasteiger partial charge on any atom is -0.469 e. The first-order valence-electron chi connectivity index (χ1n) is 5.41. The summed E-state index contributed by atoms with van der Waals surface area (Å²) in [7, 11) is 1.35. The fourth-order valence-corrected chi connectivity index (χ4v) is 1.38. The van der Waals surface area contributed by atoms with Gasteiger partial charge < -0.3 is 9.64 Å². The second kappa shape index (κ2) is 7.04. The van der Waals surface area contributed by atoms with E-state index in [-0.39, 0.29) is 23.7 Å². The molecule has 1 amide bonds. The standard InChI is InChI=1S/C12H21NO3/c1-6-7-13(11(14)9(2)3)8-10(4)12(15)16-5/h6,9-10H,1,7-8H2,2-5H3. The Morgan fingerprint density at radius 3 is 2.31 bits per heavy atom. The van der Waals surface area contributed by atoms with Gasteiger partial charge in [0.15, 0.2) is 0 Å². The highest BCUT2D eigenvalue weighted by atomic mass is 16.5. The summed E-state index contributed by atoms with van der Waals surface area (Å²) in [5.74, 6) is -0.668. The van der Waals surface area contributed by atoms with Crippen molar-refractivity contribution in [2.45, 2.75) is 20.8 Å². The van der Waals surface area contributed by atoms with Gasteiger partial charge in [-0.3, -0.25) is 9.59 Å². The molecule has 0 fully saturated rings. The first kappa shape index (κ1) is 14.7. The molecule has 16 heavy (non-hydrogen) atoms. The van der Waals surface area contributed by atoms with Crippen LogP contribution in [0.2, 0.25) is 0 Å². The molecule has 92 valence electrons. The van der Waals surface area contributed by atoms with Crippen LogP contribution in [-0.4, -0.2) is 37.0 Å². The third-order valence-corrected chi connectivity index (χ3v) is 2.25.